The maximum atomic E-state index is 12.8. The molecule has 406 valence electrons. The summed E-state index contributed by atoms with van der Waals surface area (Å²) in [6, 6.07) is 3.41. The first-order valence-corrected chi connectivity index (χ1v) is 22.9. The lowest BCUT2D eigenvalue weighted by Gasteiger charge is -2.22. The summed E-state index contributed by atoms with van der Waals surface area (Å²) in [5.74, 6) is -7.84. The van der Waals surface area contributed by atoms with Gasteiger partial charge in [0.2, 0.25) is 35.4 Å². The zero-order valence-corrected chi connectivity index (χ0v) is 43.2. The van der Waals surface area contributed by atoms with E-state index in [1.807, 2.05) is 34.6 Å². The molecule has 2 atom stereocenters. The third-order valence-electron chi connectivity index (χ3n) is 7.84. The van der Waals surface area contributed by atoms with Crippen LogP contribution in [0.5, 0.6) is 0 Å². The van der Waals surface area contributed by atoms with Crippen LogP contribution < -0.4 is 43.0 Å². The summed E-state index contributed by atoms with van der Waals surface area (Å²) < 4.78 is 10.4. The highest BCUT2D eigenvalue weighted by Crippen LogP contribution is 2.11. The quantitative estimate of drug-likeness (QED) is 0.0357. The zero-order valence-electron chi connectivity index (χ0n) is 43.2. The predicted octanol–water partition coefficient (Wildman–Crippen LogP) is 1.70. The molecule has 0 saturated heterocycles. The number of rotatable bonds is 26. The molecule has 25 heteroatoms. The number of Topliss-reactive ketones (excluding diaryl/α,β-unsaturated/α-hetero) is 1. The van der Waals surface area contributed by atoms with Crippen LogP contribution in [0.1, 0.15) is 114 Å². The first-order chi connectivity index (χ1) is 33.3. The molecule has 0 bridgehead atoms. The highest BCUT2D eigenvalue weighted by atomic mass is 16.5. The number of carboxylic acid groups (broad SMARTS) is 3. The molecule has 25 nitrogen and oxygen atoms in total. The van der Waals surface area contributed by atoms with Crippen molar-refractivity contribution in [2.45, 2.75) is 127 Å². The van der Waals surface area contributed by atoms with E-state index in [-0.39, 0.29) is 62.7 Å². The van der Waals surface area contributed by atoms with Gasteiger partial charge in [0.1, 0.15) is 24.5 Å². The molecule has 0 aliphatic rings. The van der Waals surface area contributed by atoms with Crippen LogP contribution in [-0.4, -0.2) is 138 Å². The van der Waals surface area contributed by atoms with Crippen LogP contribution in [0, 0.1) is 17.8 Å². The molecule has 1 rings (SSSR count). The molecular formula is C46H80N8O17. The lowest BCUT2D eigenvalue weighted by molar-refractivity contribution is -0.148. The number of nitrogens with two attached hydrogens (primary N) is 1. The van der Waals surface area contributed by atoms with Crippen molar-refractivity contribution < 1.29 is 82.3 Å². The Morgan fingerprint density at radius 2 is 1.15 bits per heavy atom. The van der Waals surface area contributed by atoms with Gasteiger partial charge in [-0.05, 0) is 30.0 Å². The maximum Gasteiger partial charge on any atom is 0.312 e. The molecule has 1 aromatic rings. The third-order valence-corrected chi connectivity index (χ3v) is 7.84. The Labute approximate surface area is 416 Å². The second-order valence-electron chi connectivity index (χ2n) is 14.9. The van der Waals surface area contributed by atoms with Gasteiger partial charge < -0.3 is 67.7 Å². The monoisotopic (exact) mass is 1020 g/mol. The Hall–Kier alpha value is -7.18. The number of amides is 8. The normalized spacial score (nSPS) is 10.4. The van der Waals surface area contributed by atoms with E-state index in [0.717, 1.165) is 13.3 Å². The van der Waals surface area contributed by atoms with Crippen LogP contribution in [0.15, 0.2) is 24.3 Å². The van der Waals surface area contributed by atoms with Crippen molar-refractivity contribution in [2.24, 2.45) is 23.5 Å². The lowest BCUT2D eigenvalue weighted by Crippen LogP contribution is -2.55. The summed E-state index contributed by atoms with van der Waals surface area (Å²) in [6.07, 6.45) is 0.218. The van der Waals surface area contributed by atoms with Gasteiger partial charge in [-0.25, -0.2) is 4.79 Å². The number of esters is 1. The van der Waals surface area contributed by atoms with E-state index in [0.29, 0.717) is 17.8 Å². The summed E-state index contributed by atoms with van der Waals surface area (Å²) in [4.78, 5) is 137. The molecular weight excluding hydrogens is 937 g/mol. The number of nitrogens with one attached hydrogen (secondary N) is 7. The standard InChI is InChI=1S/C35H52N6O12.C4H10N2O.C2H4O2.2C2H6.CH2O2/c1-20(2)26(42)11-13-52-14-12-27(43)36-16-29(45)40-25(15-31(47)48)33(49)37-18-30(46)41-32(21(3)4)34(50)38-17-28(44)39-24-9-7-23(8-10-24)19-53-35(51)22(5)6;1-2-3-6-4(5)7;1-2(3)4;2*1-2;2-1-3/h7-10,20-22,25,32H,11-19H2,1-6H3,(H,36,43)(H,37,49)(H,38,50)(H,39,44)(H,40,45)(H,41,46)(H,47,48);2-3H2,1H3,(H3,5,6,7);1H3,(H,3,4);2*1-2H3;1H,(H,2,3). The number of hydrogen-bond donors (Lipinski definition) is 11. The molecule has 0 aromatic heterocycles. The number of ether oxygens (including phenoxy) is 2. The van der Waals surface area contributed by atoms with Crippen LogP contribution in [-0.2, 0) is 68.8 Å². The molecule has 1 aromatic carbocycles. The fraction of sp³-hybridized carbons (Fsp3) is 0.609. The fourth-order valence-electron chi connectivity index (χ4n) is 4.41. The molecule has 2 unspecified atom stereocenters. The molecule has 0 fully saturated rings. The number of aliphatic carboxylic acids is 2. The summed E-state index contributed by atoms with van der Waals surface area (Å²) in [5, 5.41) is 40.2. The summed E-state index contributed by atoms with van der Waals surface area (Å²) in [7, 11) is 0. The minimum atomic E-state index is -1.59. The number of anilines is 1. The number of carbonyl (C=O) groups excluding carboxylic acids is 9. The van der Waals surface area contributed by atoms with Crippen molar-refractivity contribution in [3.05, 3.63) is 29.8 Å². The molecule has 8 amide bonds. The number of hydrogen-bond acceptors (Lipinski definition) is 14. The summed E-state index contributed by atoms with van der Waals surface area (Å²) in [5.41, 5.74) is 5.88. The van der Waals surface area contributed by atoms with Gasteiger partial charge in [0.05, 0.1) is 45.2 Å². The largest absolute Gasteiger partial charge is 0.483 e. The topological polar surface area (TPSA) is 394 Å². The van der Waals surface area contributed by atoms with E-state index in [2.05, 4.69) is 37.2 Å². The second-order valence-corrected chi connectivity index (χ2v) is 14.9. The minimum Gasteiger partial charge on any atom is -0.483 e. The Morgan fingerprint density at radius 1 is 0.676 bits per heavy atom. The molecule has 0 radical (unpaired) electrons. The molecule has 0 heterocycles. The van der Waals surface area contributed by atoms with Crippen molar-refractivity contribution in [2.75, 3.05) is 44.7 Å². The van der Waals surface area contributed by atoms with E-state index in [1.54, 1.807) is 65.8 Å². The van der Waals surface area contributed by atoms with Crippen LogP contribution in [0.2, 0.25) is 0 Å². The van der Waals surface area contributed by atoms with E-state index >= 15 is 0 Å². The molecule has 0 aliphatic heterocycles. The van der Waals surface area contributed by atoms with E-state index in [9.17, 15) is 53.1 Å². The van der Waals surface area contributed by atoms with Crippen molar-refractivity contribution in [3.8, 4) is 0 Å². The van der Waals surface area contributed by atoms with Crippen LogP contribution in [0.25, 0.3) is 0 Å². The molecule has 12 N–H and O–H groups in total. The average Bonchev–Trinajstić information content (AvgIpc) is 3.30. The number of primary amides is 1. The average molecular weight is 1020 g/mol. The zero-order chi connectivity index (χ0) is 56.1. The van der Waals surface area contributed by atoms with Gasteiger partial charge in [-0.1, -0.05) is 88.3 Å². The molecule has 0 spiro atoms. The first kappa shape index (κ1) is 72.8. The Bertz CT molecular complexity index is 1750. The van der Waals surface area contributed by atoms with Crippen LogP contribution in [0.4, 0.5) is 10.5 Å². The van der Waals surface area contributed by atoms with E-state index < -0.39 is 97.5 Å². The molecule has 71 heavy (non-hydrogen) atoms. The highest BCUT2D eigenvalue weighted by molar-refractivity contribution is 5.97. The van der Waals surface area contributed by atoms with Crippen molar-refractivity contribution in [1.29, 1.82) is 0 Å². The maximum absolute atomic E-state index is 12.8. The SMILES string of the molecule is CC.CC.CC(=O)O.CC(C)C(=O)CCOCCC(=O)NCC(=O)NC(CC(=O)O)C(=O)NCC(=O)NC(C(=O)NCC(=O)Nc1ccc(COC(=O)C(C)C)cc1)C(C)C.CCCNC(N)=O.O=CO. The number of benzene rings is 1. The Balaban J connectivity index is -0.000000691. The Morgan fingerprint density at radius 3 is 1.61 bits per heavy atom. The number of carbonyl (C=O) groups is 12. The fourth-order valence-corrected chi connectivity index (χ4v) is 4.41. The van der Waals surface area contributed by atoms with E-state index in [1.165, 1.54) is 0 Å². The van der Waals surface area contributed by atoms with Gasteiger partial charge in [0.15, 0.2) is 0 Å². The highest BCUT2D eigenvalue weighted by Gasteiger charge is 2.27. The minimum absolute atomic E-state index is 0.0103. The van der Waals surface area contributed by atoms with Gasteiger partial charge in [-0.2, -0.15) is 0 Å². The van der Waals surface area contributed by atoms with Crippen molar-refractivity contribution >= 4 is 77.3 Å². The van der Waals surface area contributed by atoms with Gasteiger partial charge in [0.25, 0.3) is 12.4 Å². The van der Waals surface area contributed by atoms with Crippen LogP contribution >= 0.6 is 0 Å². The number of carboxylic acids is 2. The third kappa shape index (κ3) is 46.3. The lowest BCUT2D eigenvalue weighted by atomic mass is 10.0. The summed E-state index contributed by atoms with van der Waals surface area (Å²) in [6.45, 7) is 20.3. The summed E-state index contributed by atoms with van der Waals surface area (Å²) >= 11 is 0. The van der Waals surface area contributed by atoms with E-state index in [4.69, 9.17) is 35.0 Å². The predicted molar refractivity (Wildman–Crippen MR) is 262 cm³/mol. The molecule has 0 aliphatic carbocycles. The van der Waals surface area contributed by atoms with Gasteiger partial charge in [-0.3, -0.25) is 52.7 Å². The smallest absolute Gasteiger partial charge is 0.312 e. The van der Waals surface area contributed by atoms with Crippen molar-refractivity contribution in [3.63, 3.8) is 0 Å². The second kappa shape index (κ2) is 46.5. The first-order valence-electron chi connectivity index (χ1n) is 22.9. The Kier molecular flexibility index (Phi) is 47.7. The van der Waals surface area contributed by atoms with Crippen LogP contribution in [0.3, 0.4) is 0 Å². The molecule has 0 saturated carbocycles. The van der Waals surface area contributed by atoms with Gasteiger partial charge in [-0.15, -0.1) is 0 Å². The van der Waals surface area contributed by atoms with Gasteiger partial charge >= 0.3 is 18.0 Å². The van der Waals surface area contributed by atoms with Crippen molar-refractivity contribution in [1.82, 2.24) is 31.9 Å². The number of urea groups is 1. The van der Waals surface area contributed by atoms with Gasteiger partial charge in [0, 0.05) is 37.9 Å². The number of ketones is 1.